The van der Waals surface area contributed by atoms with E-state index in [9.17, 15) is 4.79 Å². The van der Waals surface area contributed by atoms with Gasteiger partial charge in [-0.2, -0.15) is 0 Å². The molecule has 0 aliphatic carbocycles. The molecule has 0 unspecified atom stereocenters. The lowest BCUT2D eigenvalue weighted by molar-refractivity contribution is 0.587. The number of fused-ring (bicyclic) bond motifs is 1. The molecule has 1 heterocycles. The van der Waals surface area contributed by atoms with Crippen LogP contribution in [-0.2, 0) is 6.42 Å². The molecule has 0 N–H and O–H groups in total. The van der Waals surface area contributed by atoms with E-state index >= 15 is 0 Å². The van der Waals surface area contributed by atoms with Gasteiger partial charge in [0.25, 0.3) is 0 Å². The predicted molar refractivity (Wildman–Crippen MR) is 91.8 cm³/mol. The average Bonchev–Trinajstić information content (AvgIpc) is 2.55. The molecule has 3 rings (SSSR count). The highest BCUT2D eigenvalue weighted by atomic mass is 16.3. The van der Waals surface area contributed by atoms with Gasteiger partial charge >= 0.3 is 0 Å². The fourth-order valence-corrected chi connectivity index (χ4v) is 2.39. The van der Waals surface area contributed by atoms with Crippen molar-refractivity contribution in [3.8, 4) is 0 Å². The zero-order valence-electron chi connectivity index (χ0n) is 12.2. The van der Waals surface area contributed by atoms with Gasteiger partial charge in [-0.1, -0.05) is 54.6 Å². The van der Waals surface area contributed by atoms with E-state index in [0.29, 0.717) is 23.2 Å². The van der Waals surface area contributed by atoms with Crippen LogP contribution in [0, 0.1) is 0 Å². The second-order valence-corrected chi connectivity index (χ2v) is 5.04. The second-order valence-electron chi connectivity index (χ2n) is 5.04. The summed E-state index contributed by atoms with van der Waals surface area (Å²) in [7, 11) is 0. The van der Waals surface area contributed by atoms with Crippen molar-refractivity contribution < 1.29 is 4.42 Å². The first-order valence-electron chi connectivity index (χ1n) is 7.18. The summed E-state index contributed by atoms with van der Waals surface area (Å²) >= 11 is 0. The average molecular weight is 288 g/mol. The largest absolute Gasteiger partial charge is 0.456 e. The van der Waals surface area contributed by atoms with Crippen LogP contribution < -0.4 is 5.43 Å². The van der Waals surface area contributed by atoms with E-state index in [0.717, 1.165) is 11.1 Å². The van der Waals surface area contributed by atoms with Crippen LogP contribution in [0.3, 0.4) is 0 Å². The van der Waals surface area contributed by atoms with Crippen molar-refractivity contribution in [3.05, 3.63) is 94.4 Å². The Morgan fingerprint density at radius 3 is 2.59 bits per heavy atom. The molecule has 2 aromatic carbocycles. The highest BCUT2D eigenvalue weighted by Crippen LogP contribution is 2.19. The molecule has 0 saturated heterocycles. The van der Waals surface area contributed by atoms with Crippen LogP contribution in [0.2, 0.25) is 0 Å². The van der Waals surface area contributed by atoms with Crippen molar-refractivity contribution >= 4 is 23.1 Å². The van der Waals surface area contributed by atoms with Crippen molar-refractivity contribution in [1.82, 2.24) is 0 Å². The van der Waals surface area contributed by atoms with Gasteiger partial charge < -0.3 is 4.42 Å². The summed E-state index contributed by atoms with van der Waals surface area (Å²) in [5.74, 6) is 0.554. The third kappa shape index (κ3) is 2.91. The normalized spacial score (nSPS) is 11.1. The fraction of sp³-hybridized carbons (Fsp3) is 0.0500. The Balaban J connectivity index is 2.08. The van der Waals surface area contributed by atoms with Crippen molar-refractivity contribution in [2.45, 2.75) is 6.42 Å². The molecule has 0 spiro atoms. The van der Waals surface area contributed by atoms with Crippen LogP contribution in [0.4, 0.5) is 0 Å². The van der Waals surface area contributed by atoms with E-state index in [1.165, 1.54) is 6.07 Å². The smallest absolute Gasteiger partial charge is 0.193 e. The number of rotatable bonds is 4. The molecule has 0 saturated carbocycles. The van der Waals surface area contributed by atoms with Gasteiger partial charge in [0.05, 0.1) is 5.39 Å². The Labute approximate surface area is 129 Å². The number of allylic oxidation sites excluding steroid dienone is 1. The van der Waals surface area contributed by atoms with Crippen molar-refractivity contribution in [1.29, 1.82) is 0 Å². The quantitative estimate of drug-likeness (QED) is 0.652. The highest BCUT2D eigenvalue weighted by Gasteiger charge is 2.06. The van der Waals surface area contributed by atoms with E-state index in [1.807, 2.05) is 54.6 Å². The van der Waals surface area contributed by atoms with Crippen molar-refractivity contribution in [3.63, 3.8) is 0 Å². The van der Waals surface area contributed by atoms with Gasteiger partial charge in [-0.3, -0.25) is 4.79 Å². The molecule has 0 aliphatic rings. The molecule has 0 amide bonds. The molecular weight excluding hydrogens is 272 g/mol. The maximum atomic E-state index is 12.2. The van der Waals surface area contributed by atoms with Gasteiger partial charge in [0, 0.05) is 6.07 Å². The molecule has 2 heteroatoms. The minimum absolute atomic E-state index is 0.0279. The summed E-state index contributed by atoms with van der Waals surface area (Å²) in [4.78, 5) is 12.2. The lowest BCUT2D eigenvalue weighted by atomic mass is 10.1. The van der Waals surface area contributed by atoms with Crippen molar-refractivity contribution in [2.24, 2.45) is 0 Å². The SMILES string of the molecule is C=CCc1cccc2c(=O)cc(C=Cc3ccccc3)oc12. The second kappa shape index (κ2) is 6.27. The van der Waals surface area contributed by atoms with Gasteiger partial charge in [0.1, 0.15) is 11.3 Å². The third-order valence-corrected chi connectivity index (χ3v) is 3.46. The van der Waals surface area contributed by atoms with Crippen LogP contribution in [-0.4, -0.2) is 0 Å². The summed E-state index contributed by atoms with van der Waals surface area (Å²) in [6, 6.07) is 17.1. The Morgan fingerprint density at radius 2 is 1.82 bits per heavy atom. The molecule has 1 aromatic heterocycles. The zero-order chi connectivity index (χ0) is 15.4. The summed E-state index contributed by atoms with van der Waals surface area (Å²) in [6.07, 6.45) is 6.23. The number of hydrogen-bond acceptors (Lipinski definition) is 2. The number of hydrogen-bond donors (Lipinski definition) is 0. The first-order valence-corrected chi connectivity index (χ1v) is 7.18. The molecule has 0 aliphatic heterocycles. The minimum atomic E-state index is -0.0279. The van der Waals surface area contributed by atoms with E-state index in [-0.39, 0.29) is 5.43 Å². The zero-order valence-corrected chi connectivity index (χ0v) is 12.2. The third-order valence-electron chi connectivity index (χ3n) is 3.46. The van der Waals surface area contributed by atoms with Crippen LogP contribution in [0.25, 0.3) is 23.1 Å². The molecule has 0 fully saturated rings. The lowest BCUT2D eigenvalue weighted by Gasteiger charge is -2.04. The van der Waals surface area contributed by atoms with Gasteiger partial charge in [-0.15, -0.1) is 6.58 Å². The van der Waals surface area contributed by atoms with Gasteiger partial charge in [-0.05, 0) is 29.7 Å². The molecule has 2 nitrogen and oxygen atoms in total. The maximum absolute atomic E-state index is 12.2. The minimum Gasteiger partial charge on any atom is -0.456 e. The summed E-state index contributed by atoms with van der Waals surface area (Å²) < 4.78 is 5.91. The van der Waals surface area contributed by atoms with E-state index in [2.05, 4.69) is 6.58 Å². The molecule has 108 valence electrons. The summed E-state index contributed by atoms with van der Waals surface area (Å²) in [5.41, 5.74) is 2.65. The Kier molecular flexibility index (Phi) is 4.01. The Hall–Kier alpha value is -2.87. The van der Waals surface area contributed by atoms with Gasteiger partial charge in [-0.25, -0.2) is 0 Å². The van der Waals surface area contributed by atoms with Crippen LogP contribution >= 0.6 is 0 Å². The molecule has 22 heavy (non-hydrogen) atoms. The van der Waals surface area contributed by atoms with Crippen LogP contribution in [0.15, 0.2) is 76.5 Å². The standard InChI is InChI=1S/C20H16O2/c1-2-7-16-10-6-11-18-19(21)14-17(22-20(16)18)13-12-15-8-4-3-5-9-15/h2-6,8-14H,1,7H2. The summed E-state index contributed by atoms with van der Waals surface area (Å²) in [6.45, 7) is 3.75. The van der Waals surface area contributed by atoms with Crippen molar-refractivity contribution in [2.75, 3.05) is 0 Å². The van der Waals surface area contributed by atoms with E-state index < -0.39 is 0 Å². The molecule has 3 aromatic rings. The van der Waals surface area contributed by atoms with Gasteiger partial charge in [0.2, 0.25) is 0 Å². The fourth-order valence-electron chi connectivity index (χ4n) is 2.39. The van der Waals surface area contributed by atoms with Gasteiger partial charge in [0.15, 0.2) is 5.43 Å². The maximum Gasteiger partial charge on any atom is 0.193 e. The predicted octanol–water partition coefficient (Wildman–Crippen LogP) is 4.69. The number of benzene rings is 2. The first kappa shape index (κ1) is 14.1. The molecule has 0 atom stereocenters. The lowest BCUT2D eigenvalue weighted by Crippen LogP contribution is -2.01. The molecule has 0 bridgehead atoms. The number of para-hydroxylation sites is 1. The highest BCUT2D eigenvalue weighted by molar-refractivity contribution is 5.81. The van der Waals surface area contributed by atoms with Crippen LogP contribution in [0.5, 0.6) is 0 Å². The Morgan fingerprint density at radius 1 is 1.00 bits per heavy atom. The van der Waals surface area contributed by atoms with E-state index in [4.69, 9.17) is 4.42 Å². The molecular formula is C20H16O2. The first-order chi connectivity index (χ1) is 10.8. The Bertz CT molecular complexity index is 886. The topological polar surface area (TPSA) is 30.2 Å². The van der Waals surface area contributed by atoms with E-state index in [1.54, 1.807) is 12.1 Å². The molecule has 0 radical (unpaired) electrons. The summed E-state index contributed by atoms with van der Waals surface area (Å²) in [5, 5.41) is 0.608. The monoisotopic (exact) mass is 288 g/mol. The van der Waals surface area contributed by atoms with Crippen LogP contribution in [0.1, 0.15) is 16.9 Å².